The van der Waals surface area contributed by atoms with E-state index in [4.69, 9.17) is 0 Å². The van der Waals surface area contributed by atoms with Crippen molar-refractivity contribution in [2.45, 2.75) is 29.5 Å². The van der Waals surface area contributed by atoms with E-state index in [1.54, 1.807) is 18.3 Å². The number of rotatable bonds is 7. The van der Waals surface area contributed by atoms with E-state index in [-0.39, 0.29) is 23.2 Å². The molecular formula is C29H24F4IN3O. The number of hydrogen-bond donors (Lipinski definition) is 2. The zero-order valence-corrected chi connectivity index (χ0v) is 22.5. The molecule has 0 saturated carbocycles. The van der Waals surface area contributed by atoms with E-state index in [0.717, 1.165) is 23.3 Å². The highest BCUT2D eigenvalue weighted by Crippen LogP contribution is 2.38. The molecule has 0 unspecified atom stereocenters. The van der Waals surface area contributed by atoms with Gasteiger partial charge in [-0.3, -0.25) is 4.98 Å². The highest BCUT2D eigenvalue weighted by atomic mass is 127. The molecule has 1 heterocycles. The average Bonchev–Trinajstić information content (AvgIpc) is 2.88. The van der Waals surface area contributed by atoms with Crippen molar-refractivity contribution in [1.29, 1.82) is 0 Å². The Bertz CT molecular complexity index is 1410. The van der Waals surface area contributed by atoms with E-state index in [9.17, 15) is 22.4 Å². The maximum atomic E-state index is 14.0. The van der Waals surface area contributed by atoms with E-state index >= 15 is 0 Å². The Morgan fingerprint density at radius 2 is 1.68 bits per heavy atom. The van der Waals surface area contributed by atoms with Crippen LogP contribution in [0.3, 0.4) is 0 Å². The number of urea groups is 1. The molecule has 0 fully saturated rings. The lowest BCUT2D eigenvalue weighted by atomic mass is 9.79. The van der Waals surface area contributed by atoms with E-state index in [1.165, 1.54) is 31.2 Å². The molecule has 9 heteroatoms. The molecule has 2 amide bonds. The van der Waals surface area contributed by atoms with Crippen LogP contribution in [0.5, 0.6) is 0 Å². The first-order chi connectivity index (χ1) is 18.1. The molecule has 2 N–H and O–H groups in total. The van der Waals surface area contributed by atoms with Crippen molar-refractivity contribution in [3.05, 3.63) is 130 Å². The summed E-state index contributed by atoms with van der Waals surface area (Å²) in [5.41, 5.74) is 0.236. The smallest absolute Gasteiger partial charge is 0.322 e. The van der Waals surface area contributed by atoms with Crippen LogP contribution in [0.25, 0.3) is 0 Å². The molecule has 1 atom stereocenters. The number of nitrogens with zero attached hydrogens (tertiary/aromatic N) is 1. The summed E-state index contributed by atoms with van der Waals surface area (Å²) in [7, 11) is 0. The molecule has 4 nitrogen and oxygen atoms in total. The first kappa shape index (κ1) is 27.6. The van der Waals surface area contributed by atoms with Gasteiger partial charge in [0.2, 0.25) is 0 Å². The normalized spacial score (nSPS) is 13.0. The molecule has 0 aliphatic heterocycles. The molecule has 0 aliphatic carbocycles. The van der Waals surface area contributed by atoms with Crippen molar-refractivity contribution in [3.8, 4) is 0 Å². The molecule has 0 radical (unpaired) electrons. The van der Waals surface area contributed by atoms with Crippen molar-refractivity contribution in [3.63, 3.8) is 0 Å². The van der Waals surface area contributed by atoms with Crippen LogP contribution in [0.1, 0.15) is 33.5 Å². The van der Waals surface area contributed by atoms with Crippen molar-refractivity contribution < 1.29 is 22.4 Å². The van der Waals surface area contributed by atoms with Crippen LogP contribution < -0.4 is 10.6 Å². The summed E-state index contributed by atoms with van der Waals surface area (Å²) in [5.74, 6) is -0.539. The number of amides is 2. The second-order valence-corrected chi connectivity index (χ2v) is 9.63. The number of carbonyl (C=O) groups is 1. The van der Waals surface area contributed by atoms with Gasteiger partial charge in [-0.25, -0.2) is 9.18 Å². The van der Waals surface area contributed by atoms with Crippen LogP contribution in [0.2, 0.25) is 0 Å². The Morgan fingerprint density at radius 3 is 2.32 bits per heavy atom. The summed E-state index contributed by atoms with van der Waals surface area (Å²) in [5, 5.41) is 5.51. The van der Waals surface area contributed by atoms with E-state index in [1.807, 2.05) is 36.4 Å². The van der Waals surface area contributed by atoms with E-state index in [2.05, 4.69) is 38.2 Å². The molecule has 38 heavy (non-hydrogen) atoms. The third-order valence-corrected chi connectivity index (χ3v) is 7.05. The fraction of sp³-hybridized carbons (Fsp3) is 0.172. The molecular weight excluding hydrogens is 609 g/mol. The molecule has 0 spiro atoms. The van der Waals surface area contributed by atoms with E-state index in [0.29, 0.717) is 10.1 Å². The largest absolute Gasteiger partial charge is 0.416 e. The van der Waals surface area contributed by atoms with Crippen LogP contribution in [-0.2, 0) is 22.6 Å². The fourth-order valence-corrected chi connectivity index (χ4v) is 4.75. The van der Waals surface area contributed by atoms with Gasteiger partial charge in [0.05, 0.1) is 11.3 Å². The quantitative estimate of drug-likeness (QED) is 0.124. The number of aryl methyl sites for hydroxylation is 1. The second kappa shape index (κ2) is 11.5. The number of nitrogens with one attached hydrogen (secondary N) is 2. The average molecular weight is 633 g/mol. The Balaban J connectivity index is 1.90. The molecule has 0 saturated heterocycles. The lowest BCUT2D eigenvalue weighted by molar-refractivity contribution is -0.138. The molecule has 0 aliphatic rings. The summed E-state index contributed by atoms with van der Waals surface area (Å²) < 4.78 is 56.4. The number of halogens is 5. The number of aromatic nitrogens is 1. The first-order valence-electron chi connectivity index (χ1n) is 11.7. The minimum atomic E-state index is -4.60. The second-order valence-electron chi connectivity index (χ2n) is 8.87. The minimum absolute atomic E-state index is 0.0623. The van der Waals surface area contributed by atoms with Crippen LogP contribution in [0, 0.1) is 12.7 Å². The van der Waals surface area contributed by atoms with Crippen molar-refractivity contribution in [2.75, 3.05) is 5.32 Å². The third-order valence-electron chi connectivity index (χ3n) is 6.17. The number of carbonyl (C=O) groups excluding carboxylic acids is 1. The van der Waals surface area contributed by atoms with E-state index < -0.39 is 29.1 Å². The maximum Gasteiger partial charge on any atom is 0.416 e. The fourth-order valence-electron chi connectivity index (χ4n) is 4.29. The molecule has 3 aromatic carbocycles. The Morgan fingerprint density at radius 1 is 0.921 bits per heavy atom. The minimum Gasteiger partial charge on any atom is -0.322 e. The first-order valence-corrected chi connectivity index (χ1v) is 13.2. The van der Waals surface area contributed by atoms with Crippen molar-refractivity contribution >= 4 is 34.3 Å². The van der Waals surface area contributed by atoms with Gasteiger partial charge in [-0.1, -0.05) is 77.2 Å². The highest BCUT2D eigenvalue weighted by molar-refractivity contribution is 14.1. The number of anilines is 1. The number of benzene rings is 3. The van der Waals surface area contributed by atoms with Crippen molar-refractivity contribution in [1.82, 2.24) is 10.3 Å². The van der Waals surface area contributed by atoms with Gasteiger partial charge < -0.3 is 10.6 Å². The summed E-state index contributed by atoms with van der Waals surface area (Å²) in [6.07, 6.45) is -2.84. The Labute approximate surface area is 231 Å². The maximum absolute atomic E-state index is 14.0. The number of hydrogen-bond acceptors (Lipinski definition) is 2. The summed E-state index contributed by atoms with van der Waals surface area (Å²) in [6, 6.07) is 21.3. The van der Waals surface area contributed by atoms with Gasteiger partial charge in [-0.15, -0.1) is 0 Å². The number of pyridine rings is 1. The predicted molar refractivity (Wildman–Crippen MR) is 148 cm³/mol. The van der Waals surface area contributed by atoms with Gasteiger partial charge in [-0.05, 0) is 59.5 Å². The highest BCUT2D eigenvalue weighted by Gasteiger charge is 2.41. The topological polar surface area (TPSA) is 54.0 Å². The molecule has 1 aromatic heterocycles. The third kappa shape index (κ3) is 6.32. The Kier molecular flexibility index (Phi) is 8.35. The van der Waals surface area contributed by atoms with Gasteiger partial charge >= 0.3 is 12.2 Å². The van der Waals surface area contributed by atoms with Crippen LogP contribution in [0.4, 0.5) is 28.0 Å². The predicted octanol–water partition coefficient (Wildman–Crippen LogP) is 7.79. The molecule has 4 rings (SSSR count). The van der Waals surface area contributed by atoms with Crippen LogP contribution in [0.15, 0.2) is 91.1 Å². The Hall–Kier alpha value is -3.47. The van der Waals surface area contributed by atoms with Gasteiger partial charge in [-0.2, -0.15) is 13.2 Å². The molecule has 196 valence electrons. The summed E-state index contributed by atoms with van der Waals surface area (Å²) >= 11 is 2.19. The van der Waals surface area contributed by atoms with Gasteiger partial charge in [0.25, 0.3) is 0 Å². The van der Waals surface area contributed by atoms with Gasteiger partial charge in [0, 0.05) is 22.7 Å². The SMILES string of the molecule is Cc1ccc([C@](Cc2ccccc2)(NC(=O)Nc2cccc(F)c2)c2ccc(CI)cn2)cc1C(F)(F)F. The lowest BCUT2D eigenvalue weighted by Gasteiger charge is -2.36. The molecule has 4 aromatic rings. The van der Waals surface area contributed by atoms with Crippen LogP contribution in [-0.4, -0.2) is 11.0 Å². The number of alkyl halides is 4. The summed E-state index contributed by atoms with van der Waals surface area (Å²) in [6.45, 7) is 1.39. The monoisotopic (exact) mass is 633 g/mol. The van der Waals surface area contributed by atoms with Gasteiger partial charge in [0.1, 0.15) is 11.4 Å². The van der Waals surface area contributed by atoms with Crippen LogP contribution >= 0.6 is 22.6 Å². The lowest BCUT2D eigenvalue weighted by Crippen LogP contribution is -2.50. The zero-order chi connectivity index (χ0) is 27.3. The van der Waals surface area contributed by atoms with Gasteiger partial charge in [0.15, 0.2) is 0 Å². The molecule has 0 bridgehead atoms. The summed E-state index contributed by atoms with van der Waals surface area (Å²) in [4.78, 5) is 17.9. The zero-order valence-electron chi connectivity index (χ0n) is 20.3. The standard InChI is InChI=1S/C29H24F4IN3O/c1-19-10-12-22(14-25(19)29(31,32)33)28(16-20-6-3-2-4-7-20,26-13-11-21(17-34)18-35-26)37-27(38)36-24-9-5-8-23(30)15-24/h2-15,18H,16-17H2,1H3,(H2,36,37,38)/t28-/m0/s1. The van der Waals surface area contributed by atoms with Crippen molar-refractivity contribution in [2.24, 2.45) is 0 Å².